The SMILES string of the molecule is CCCc1cccc(C(NC)C2CCCC(CC)C2)c1. The maximum Gasteiger partial charge on any atom is 0.0346 e. The Bertz CT molecular complexity index is 399. The summed E-state index contributed by atoms with van der Waals surface area (Å²) in [7, 11) is 2.13. The van der Waals surface area contributed by atoms with E-state index in [0.29, 0.717) is 6.04 Å². The summed E-state index contributed by atoms with van der Waals surface area (Å²) in [6.45, 7) is 4.61. The lowest BCUT2D eigenvalue weighted by Gasteiger charge is -2.34. The molecule has 0 amide bonds. The van der Waals surface area contributed by atoms with Crippen molar-refractivity contribution in [2.24, 2.45) is 11.8 Å². The topological polar surface area (TPSA) is 12.0 Å². The van der Waals surface area contributed by atoms with Crippen molar-refractivity contribution in [2.75, 3.05) is 7.05 Å². The van der Waals surface area contributed by atoms with Crippen LogP contribution >= 0.6 is 0 Å². The lowest BCUT2D eigenvalue weighted by molar-refractivity contribution is 0.214. The molecular weight excluding hydrogens is 242 g/mol. The molecule has 1 aromatic carbocycles. The molecule has 0 heterocycles. The normalized spacial score (nSPS) is 24.6. The van der Waals surface area contributed by atoms with Crippen molar-refractivity contribution < 1.29 is 0 Å². The van der Waals surface area contributed by atoms with Crippen molar-refractivity contribution >= 4 is 0 Å². The predicted octanol–water partition coefficient (Wildman–Crippen LogP) is 5.12. The van der Waals surface area contributed by atoms with Gasteiger partial charge in [0.05, 0.1) is 0 Å². The Hall–Kier alpha value is -0.820. The molecule has 20 heavy (non-hydrogen) atoms. The summed E-state index contributed by atoms with van der Waals surface area (Å²) in [5, 5.41) is 3.60. The van der Waals surface area contributed by atoms with Crippen molar-refractivity contribution in [3.05, 3.63) is 35.4 Å². The Kier molecular flexibility index (Phi) is 6.09. The molecule has 0 bridgehead atoms. The Balaban J connectivity index is 2.12. The van der Waals surface area contributed by atoms with Crippen LogP contribution in [0.5, 0.6) is 0 Å². The number of benzene rings is 1. The molecule has 2 rings (SSSR count). The van der Waals surface area contributed by atoms with Gasteiger partial charge in [-0.05, 0) is 49.3 Å². The van der Waals surface area contributed by atoms with Crippen molar-refractivity contribution in [3.8, 4) is 0 Å². The largest absolute Gasteiger partial charge is 0.313 e. The second-order valence-electron chi connectivity index (χ2n) is 6.46. The second kappa shape index (κ2) is 7.83. The molecule has 0 radical (unpaired) electrons. The van der Waals surface area contributed by atoms with Gasteiger partial charge in [0.2, 0.25) is 0 Å². The molecule has 1 aliphatic rings. The third-order valence-corrected chi connectivity index (χ3v) is 5.03. The van der Waals surface area contributed by atoms with E-state index in [2.05, 4.69) is 50.5 Å². The molecule has 1 aromatic rings. The number of rotatable bonds is 6. The summed E-state index contributed by atoms with van der Waals surface area (Å²) in [5.74, 6) is 1.76. The van der Waals surface area contributed by atoms with Gasteiger partial charge >= 0.3 is 0 Å². The lowest BCUT2D eigenvalue weighted by atomic mass is 9.75. The number of hydrogen-bond donors (Lipinski definition) is 1. The Morgan fingerprint density at radius 2 is 2.10 bits per heavy atom. The van der Waals surface area contributed by atoms with Gasteiger partial charge in [0.25, 0.3) is 0 Å². The van der Waals surface area contributed by atoms with Gasteiger partial charge in [0, 0.05) is 6.04 Å². The first-order chi connectivity index (χ1) is 9.78. The lowest BCUT2D eigenvalue weighted by Crippen LogP contribution is -2.29. The monoisotopic (exact) mass is 273 g/mol. The van der Waals surface area contributed by atoms with Crippen LogP contribution in [0.15, 0.2) is 24.3 Å². The summed E-state index contributed by atoms with van der Waals surface area (Å²) in [6.07, 6.45) is 9.43. The molecule has 3 atom stereocenters. The maximum atomic E-state index is 3.60. The van der Waals surface area contributed by atoms with Gasteiger partial charge in [-0.3, -0.25) is 0 Å². The van der Waals surface area contributed by atoms with E-state index in [4.69, 9.17) is 0 Å². The van der Waals surface area contributed by atoms with Crippen LogP contribution in [0.25, 0.3) is 0 Å². The van der Waals surface area contributed by atoms with Gasteiger partial charge in [0.15, 0.2) is 0 Å². The first-order valence-corrected chi connectivity index (χ1v) is 8.54. The summed E-state index contributed by atoms with van der Waals surface area (Å²) >= 11 is 0. The van der Waals surface area contributed by atoms with E-state index in [0.717, 1.165) is 11.8 Å². The molecule has 1 heteroatoms. The minimum atomic E-state index is 0.543. The molecule has 1 fully saturated rings. The molecule has 0 saturated heterocycles. The summed E-state index contributed by atoms with van der Waals surface area (Å²) in [4.78, 5) is 0. The van der Waals surface area contributed by atoms with Crippen LogP contribution in [0.3, 0.4) is 0 Å². The molecule has 1 aliphatic carbocycles. The maximum absolute atomic E-state index is 3.60. The fourth-order valence-electron chi connectivity index (χ4n) is 3.91. The van der Waals surface area contributed by atoms with E-state index in [1.165, 1.54) is 56.1 Å². The van der Waals surface area contributed by atoms with E-state index < -0.39 is 0 Å². The highest BCUT2D eigenvalue weighted by Crippen LogP contribution is 2.38. The van der Waals surface area contributed by atoms with Crippen molar-refractivity contribution in [1.82, 2.24) is 5.32 Å². The smallest absolute Gasteiger partial charge is 0.0346 e. The van der Waals surface area contributed by atoms with E-state index in [1.54, 1.807) is 0 Å². The van der Waals surface area contributed by atoms with Crippen LogP contribution in [0.4, 0.5) is 0 Å². The first kappa shape index (κ1) is 15.6. The van der Waals surface area contributed by atoms with Gasteiger partial charge in [-0.25, -0.2) is 0 Å². The van der Waals surface area contributed by atoms with E-state index in [-0.39, 0.29) is 0 Å². The van der Waals surface area contributed by atoms with Crippen LogP contribution in [0, 0.1) is 11.8 Å². The average molecular weight is 273 g/mol. The highest BCUT2D eigenvalue weighted by atomic mass is 14.9. The minimum Gasteiger partial charge on any atom is -0.313 e. The van der Waals surface area contributed by atoms with Crippen LogP contribution in [0.1, 0.15) is 69.5 Å². The van der Waals surface area contributed by atoms with Crippen LogP contribution in [-0.2, 0) is 6.42 Å². The first-order valence-electron chi connectivity index (χ1n) is 8.54. The second-order valence-corrected chi connectivity index (χ2v) is 6.46. The molecule has 1 saturated carbocycles. The average Bonchev–Trinajstić information content (AvgIpc) is 2.49. The molecule has 0 aromatic heterocycles. The Morgan fingerprint density at radius 1 is 1.25 bits per heavy atom. The van der Waals surface area contributed by atoms with Crippen LogP contribution in [0.2, 0.25) is 0 Å². The van der Waals surface area contributed by atoms with E-state index >= 15 is 0 Å². The predicted molar refractivity (Wildman–Crippen MR) is 88.0 cm³/mol. The number of hydrogen-bond acceptors (Lipinski definition) is 1. The van der Waals surface area contributed by atoms with Crippen molar-refractivity contribution in [1.29, 1.82) is 0 Å². The third-order valence-electron chi connectivity index (χ3n) is 5.03. The molecule has 112 valence electrons. The summed E-state index contributed by atoms with van der Waals surface area (Å²) < 4.78 is 0. The third kappa shape index (κ3) is 3.85. The number of aryl methyl sites for hydroxylation is 1. The highest BCUT2D eigenvalue weighted by molar-refractivity contribution is 5.27. The molecule has 1 N–H and O–H groups in total. The van der Waals surface area contributed by atoms with Crippen molar-refractivity contribution in [3.63, 3.8) is 0 Å². The quantitative estimate of drug-likeness (QED) is 0.759. The Morgan fingerprint density at radius 3 is 2.80 bits per heavy atom. The number of nitrogens with one attached hydrogen (secondary N) is 1. The standard InChI is InChI=1S/C19H31N/c1-4-8-16-10-7-12-18(14-16)19(20-3)17-11-6-9-15(5-2)13-17/h7,10,12,14-15,17,19-20H,4-6,8-9,11,13H2,1-3H3. The van der Waals surface area contributed by atoms with Gasteiger partial charge in [-0.2, -0.15) is 0 Å². The summed E-state index contributed by atoms with van der Waals surface area (Å²) in [5.41, 5.74) is 2.99. The van der Waals surface area contributed by atoms with Crippen LogP contribution < -0.4 is 5.32 Å². The van der Waals surface area contributed by atoms with Gasteiger partial charge in [-0.1, -0.05) is 63.8 Å². The van der Waals surface area contributed by atoms with Gasteiger partial charge in [0.1, 0.15) is 0 Å². The molecule has 0 aliphatic heterocycles. The molecule has 3 unspecified atom stereocenters. The zero-order valence-corrected chi connectivity index (χ0v) is 13.5. The zero-order valence-electron chi connectivity index (χ0n) is 13.5. The molecular formula is C19H31N. The fraction of sp³-hybridized carbons (Fsp3) is 0.684. The van der Waals surface area contributed by atoms with Crippen LogP contribution in [-0.4, -0.2) is 7.05 Å². The van der Waals surface area contributed by atoms with E-state index in [9.17, 15) is 0 Å². The highest BCUT2D eigenvalue weighted by Gasteiger charge is 2.27. The van der Waals surface area contributed by atoms with Crippen molar-refractivity contribution in [2.45, 2.75) is 64.8 Å². The fourth-order valence-corrected chi connectivity index (χ4v) is 3.91. The minimum absolute atomic E-state index is 0.543. The zero-order chi connectivity index (χ0) is 14.4. The molecule has 1 nitrogen and oxygen atoms in total. The van der Waals surface area contributed by atoms with Gasteiger partial charge in [-0.15, -0.1) is 0 Å². The molecule has 0 spiro atoms. The summed E-state index contributed by atoms with van der Waals surface area (Å²) in [6, 6.07) is 9.80. The van der Waals surface area contributed by atoms with Gasteiger partial charge < -0.3 is 5.32 Å². The van der Waals surface area contributed by atoms with E-state index in [1.807, 2.05) is 0 Å². The Labute approximate surface area is 125 Å².